The Kier molecular flexibility index (Phi) is 6.49. The maximum atomic E-state index is 12.7. The van der Waals surface area contributed by atoms with Gasteiger partial charge in [0, 0.05) is 16.5 Å². The summed E-state index contributed by atoms with van der Waals surface area (Å²) in [6.07, 6.45) is -1.08. The van der Waals surface area contributed by atoms with E-state index in [9.17, 15) is 9.59 Å². The molecule has 0 aliphatic carbocycles. The van der Waals surface area contributed by atoms with Crippen molar-refractivity contribution in [2.24, 2.45) is 0 Å². The molecule has 5 rings (SSSR count). The number of nitrogens with one attached hydrogen (secondary N) is 3. The van der Waals surface area contributed by atoms with Crippen molar-refractivity contribution in [3.8, 4) is 0 Å². The van der Waals surface area contributed by atoms with Crippen molar-refractivity contribution in [3.05, 3.63) is 115 Å². The number of ether oxygens (including phenoxy) is 1. The topological polar surface area (TPSA) is 79.5 Å². The second-order valence-electron chi connectivity index (χ2n) is 8.43. The van der Waals surface area contributed by atoms with Gasteiger partial charge in [0.2, 0.25) is 0 Å². The van der Waals surface area contributed by atoms with Crippen molar-refractivity contribution >= 4 is 50.7 Å². The molecule has 1 atom stereocenters. The molecule has 0 heterocycles. The summed E-state index contributed by atoms with van der Waals surface area (Å²) in [6.45, 7) is 1.79. The molecule has 3 amide bonds. The van der Waals surface area contributed by atoms with Crippen molar-refractivity contribution in [2.45, 2.75) is 13.0 Å². The summed E-state index contributed by atoms with van der Waals surface area (Å²) in [4.78, 5) is 25.3. The summed E-state index contributed by atoms with van der Waals surface area (Å²) in [6, 6.07) is 34.1. The highest BCUT2D eigenvalue weighted by Gasteiger charge is 2.14. The summed E-state index contributed by atoms with van der Waals surface area (Å²) in [5.74, 6) is 0. The van der Waals surface area contributed by atoms with Crippen LogP contribution < -0.4 is 16.0 Å². The van der Waals surface area contributed by atoms with Crippen LogP contribution in [0.5, 0.6) is 0 Å². The first kappa shape index (κ1) is 22.9. The maximum absolute atomic E-state index is 12.7. The number of hydrogen-bond acceptors (Lipinski definition) is 3. The van der Waals surface area contributed by atoms with E-state index in [1.165, 1.54) is 0 Å². The quantitative estimate of drug-likeness (QED) is 0.241. The Morgan fingerprint density at radius 2 is 1.19 bits per heavy atom. The van der Waals surface area contributed by atoms with E-state index in [2.05, 4.69) is 16.0 Å². The minimum atomic E-state index is -0.550. The largest absolute Gasteiger partial charge is 0.441 e. The van der Waals surface area contributed by atoms with Crippen LogP contribution in [0.25, 0.3) is 21.5 Å². The third-order valence-corrected chi connectivity index (χ3v) is 5.96. The molecule has 0 aliphatic rings. The highest BCUT2D eigenvalue weighted by atomic mass is 16.6. The fourth-order valence-electron chi connectivity index (χ4n) is 4.19. The van der Waals surface area contributed by atoms with Gasteiger partial charge >= 0.3 is 12.1 Å². The van der Waals surface area contributed by atoms with Gasteiger partial charge in [0.1, 0.15) is 6.10 Å². The molecule has 0 saturated heterocycles. The monoisotopic (exact) mass is 475 g/mol. The minimum absolute atomic E-state index is 0.356. The molecule has 0 bridgehead atoms. The number of carbonyl (C=O) groups excluding carboxylic acids is 2. The number of urea groups is 1. The van der Waals surface area contributed by atoms with E-state index in [1.807, 2.05) is 97.1 Å². The molecule has 3 N–H and O–H groups in total. The van der Waals surface area contributed by atoms with Crippen LogP contribution in [0, 0.1) is 0 Å². The molecule has 0 spiro atoms. The van der Waals surface area contributed by atoms with Gasteiger partial charge in [0.25, 0.3) is 0 Å². The average Bonchev–Trinajstić information content (AvgIpc) is 2.89. The third-order valence-electron chi connectivity index (χ3n) is 5.96. The van der Waals surface area contributed by atoms with E-state index in [1.54, 1.807) is 19.1 Å². The van der Waals surface area contributed by atoms with E-state index in [0.717, 1.165) is 32.8 Å². The lowest BCUT2D eigenvalue weighted by molar-refractivity contribution is 0.121. The van der Waals surface area contributed by atoms with Crippen molar-refractivity contribution in [3.63, 3.8) is 0 Å². The van der Waals surface area contributed by atoms with E-state index < -0.39 is 12.2 Å². The fraction of sp³-hybridized carbons (Fsp3) is 0.0667. The first-order valence-corrected chi connectivity index (χ1v) is 11.7. The standard InChI is InChI=1S/C30H25N3O3/c1-20(36-30(35)33-28-18-8-12-22-10-3-5-16-26(22)28)23-13-6-14-24(19-23)31-29(34)32-27-17-7-11-21-9-2-4-15-25(21)27/h2-20H,1H3,(H,33,35)(H2,31,32,34)/t20-/m0/s1. The Morgan fingerprint density at radius 1 is 0.639 bits per heavy atom. The molecule has 0 aliphatic heterocycles. The minimum Gasteiger partial charge on any atom is -0.441 e. The molecular weight excluding hydrogens is 450 g/mol. The molecule has 5 aromatic carbocycles. The fourth-order valence-corrected chi connectivity index (χ4v) is 4.19. The molecule has 0 fully saturated rings. The Hall–Kier alpha value is -4.84. The van der Waals surface area contributed by atoms with Gasteiger partial charge in [-0.25, -0.2) is 9.59 Å². The lowest BCUT2D eigenvalue weighted by Gasteiger charge is -2.16. The van der Waals surface area contributed by atoms with E-state index in [0.29, 0.717) is 11.4 Å². The van der Waals surface area contributed by atoms with Gasteiger partial charge in [-0.1, -0.05) is 84.9 Å². The van der Waals surface area contributed by atoms with Crippen LogP contribution in [-0.2, 0) is 4.74 Å². The van der Waals surface area contributed by atoms with Crippen LogP contribution >= 0.6 is 0 Å². The van der Waals surface area contributed by atoms with Crippen molar-refractivity contribution in [2.75, 3.05) is 16.0 Å². The first-order chi connectivity index (χ1) is 17.6. The maximum Gasteiger partial charge on any atom is 0.412 e. The Bertz CT molecular complexity index is 1550. The van der Waals surface area contributed by atoms with Crippen LogP contribution in [0.3, 0.4) is 0 Å². The van der Waals surface area contributed by atoms with E-state index >= 15 is 0 Å². The van der Waals surface area contributed by atoms with Crippen LogP contribution in [0.2, 0.25) is 0 Å². The number of hydrogen-bond donors (Lipinski definition) is 3. The second-order valence-corrected chi connectivity index (χ2v) is 8.43. The molecule has 178 valence electrons. The van der Waals surface area contributed by atoms with Gasteiger partial charge in [-0.05, 0) is 47.5 Å². The Morgan fingerprint density at radius 3 is 1.86 bits per heavy atom. The summed E-state index contributed by atoms with van der Waals surface area (Å²) in [5.41, 5.74) is 2.76. The van der Waals surface area contributed by atoms with Gasteiger partial charge in [0.15, 0.2) is 0 Å². The number of fused-ring (bicyclic) bond motifs is 2. The smallest absolute Gasteiger partial charge is 0.412 e. The average molecular weight is 476 g/mol. The van der Waals surface area contributed by atoms with Crippen molar-refractivity contribution < 1.29 is 14.3 Å². The summed E-state index contributed by atoms with van der Waals surface area (Å²) >= 11 is 0. The molecule has 0 radical (unpaired) electrons. The number of anilines is 3. The first-order valence-electron chi connectivity index (χ1n) is 11.7. The zero-order valence-corrected chi connectivity index (χ0v) is 19.7. The molecular formula is C30H25N3O3. The number of benzene rings is 5. The van der Waals surface area contributed by atoms with Crippen LogP contribution in [-0.4, -0.2) is 12.1 Å². The molecule has 0 unspecified atom stereocenters. The highest BCUT2D eigenvalue weighted by molar-refractivity contribution is 6.06. The summed E-state index contributed by atoms with van der Waals surface area (Å²) in [5, 5.41) is 12.6. The van der Waals surface area contributed by atoms with Gasteiger partial charge in [0.05, 0.1) is 11.4 Å². The number of carbonyl (C=O) groups is 2. The summed E-state index contributed by atoms with van der Waals surface area (Å²) in [7, 11) is 0. The zero-order chi connectivity index (χ0) is 24.9. The van der Waals surface area contributed by atoms with Crippen molar-refractivity contribution in [1.29, 1.82) is 0 Å². The number of amides is 3. The van der Waals surface area contributed by atoms with E-state index in [4.69, 9.17) is 4.74 Å². The SMILES string of the molecule is C[C@H](OC(=O)Nc1cccc2ccccc12)c1cccc(NC(=O)Nc2cccc3ccccc23)c1. The van der Waals surface area contributed by atoms with Crippen LogP contribution in [0.1, 0.15) is 18.6 Å². The molecule has 0 aromatic heterocycles. The van der Waals surface area contributed by atoms with Gasteiger partial charge in [-0.3, -0.25) is 5.32 Å². The zero-order valence-electron chi connectivity index (χ0n) is 19.7. The molecule has 0 saturated carbocycles. The van der Waals surface area contributed by atoms with Crippen molar-refractivity contribution in [1.82, 2.24) is 0 Å². The lowest BCUT2D eigenvalue weighted by atomic mass is 10.1. The van der Waals surface area contributed by atoms with Gasteiger partial charge < -0.3 is 15.4 Å². The molecule has 36 heavy (non-hydrogen) atoms. The van der Waals surface area contributed by atoms with Crippen LogP contribution in [0.4, 0.5) is 26.7 Å². The molecule has 6 nitrogen and oxygen atoms in total. The van der Waals surface area contributed by atoms with Crippen LogP contribution in [0.15, 0.2) is 109 Å². The third kappa shape index (κ3) is 5.13. The van der Waals surface area contributed by atoms with E-state index in [-0.39, 0.29) is 6.03 Å². The Labute approximate surface area is 208 Å². The molecule has 6 heteroatoms. The molecule has 5 aromatic rings. The lowest BCUT2D eigenvalue weighted by Crippen LogP contribution is -2.20. The summed E-state index contributed by atoms with van der Waals surface area (Å²) < 4.78 is 5.61. The van der Waals surface area contributed by atoms with Gasteiger partial charge in [-0.15, -0.1) is 0 Å². The second kappa shape index (κ2) is 10.2. The van der Waals surface area contributed by atoms with Gasteiger partial charge in [-0.2, -0.15) is 0 Å². The predicted molar refractivity (Wildman–Crippen MR) is 145 cm³/mol. The highest BCUT2D eigenvalue weighted by Crippen LogP contribution is 2.26. The predicted octanol–water partition coefficient (Wildman–Crippen LogP) is 7.95. The number of rotatable bonds is 5. The Balaban J connectivity index is 1.23. The normalized spacial score (nSPS) is 11.6.